The number of rotatable bonds is 7. The molecule has 1 heterocycles. The Kier molecular flexibility index (Phi) is 6.12. The van der Waals surface area contributed by atoms with E-state index in [2.05, 4.69) is 10.4 Å². The first kappa shape index (κ1) is 18.3. The van der Waals surface area contributed by atoms with Crippen molar-refractivity contribution in [2.24, 2.45) is 0 Å². The van der Waals surface area contributed by atoms with E-state index >= 15 is 0 Å². The quantitative estimate of drug-likeness (QED) is 0.749. The van der Waals surface area contributed by atoms with Crippen LogP contribution in [0, 0.1) is 0 Å². The van der Waals surface area contributed by atoms with Gasteiger partial charge in [-0.3, -0.25) is 4.79 Å². The van der Waals surface area contributed by atoms with Crippen LogP contribution < -0.4 is 10.1 Å². The number of nitrogens with one attached hydrogen (secondary N) is 1. The maximum Gasteiger partial charge on any atom is 0.344 e. The Labute approximate surface area is 156 Å². The molecule has 8 heteroatoms. The fourth-order valence-electron chi connectivity index (χ4n) is 2.92. The summed E-state index contributed by atoms with van der Waals surface area (Å²) in [7, 11) is 0. The van der Waals surface area contributed by atoms with Crippen molar-refractivity contribution in [3.8, 4) is 5.75 Å². The summed E-state index contributed by atoms with van der Waals surface area (Å²) in [5.41, 5.74) is 0. The fraction of sp³-hybridized carbons (Fsp3) is 0.389. The molecule has 3 rings (SSSR count). The topological polar surface area (TPSA) is 82.5 Å². The van der Waals surface area contributed by atoms with E-state index in [1.54, 1.807) is 36.5 Å². The van der Waals surface area contributed by atoms with Gasteiger partial charge in [0.25, 0.3) is 5.91 Å². The van der Waals surface area contributed by atoms with Gasteiger partial charge in [0.2, 0.25) is 0 Å². The highest BCUT2D eigenvalue weighted by Crippen LogP contribution is 2.31. The van der Waals surface area contributed by atoms with Crippen molar-refractivity contribution in [2.45, 2.75) is 31.7 Å². The minimum atomic E-state index is -0.635. The molecule has 0 spiro atoms. The first-order valence-electron chi connectivity index (χ1n) is 8.49. The number of esters is 1. The number of amides is 1. The molecule has 1 aliphatic carbocycles. The number of carbonyl (C=O) groups is 2. The van der Waals surface area contributed by atoms with Crippen LogP contribution in [0.4, 0.5) is 5.82 Å². The summed E-state index contributed by atoms with van der Waals surface area (Å²) in [4.78, 5) is 23.7. The molecule has 2 aromatic rings. The number of ether oxygens (including phenoxy) is 2. The largest absolute Gasteiger partial charge is 0.482 e. The molecule has 1 aliphatic rings. The minimum Gasteiger partial charge on any atom is -0.482 e. The Balaban J connectivity index is 1.42. The van der Waals surface area contributed by atoms with Gasteiger partial charge in [0.1, 0.15) is 11.6 Å². The summed E-state index contributed by atoms with van der Waals surface area (Å²) in [6.07, 6.45) is 6.10. The lowest BCUT2D eigenvalue weighted by atomic mass is 10.2. The van der Waals surface area contributed by atoms with Crippen LogP contribution in [0.5, 0.6) is 5.75 Å². The van der Waals surface area contributed by atoms with Gasteiger partial charge in [-0.2, -0.15) is 5.10 Å². The average molecular weight is 378 g/mol. The van der Waals surface area contributed by atoms with Crippen LogP contribution in [0.2, 0.25) is 5.02 Å². The van der Waals surface area contributed by atoms with Crippen molar-refractivity contribution in [1.29, 1.82) is 0 Å². The molecule has 0 unspecified atom stereocenters. The monoisotopic (exact) mass is 377 g/mol. The van der Waals surface area contributed by atoms with Gasteiger partial charge in [0.05, 0.1) is 12.2 Å². The van der Waals surface area contributed by atoms with Crippen LogP contribution in [0.15, 0.2) is 36.5 Å². The zero-order valence-corrected chi connectivity index (χ0v) is 14.9. The van der Waals surface area contributed by atoms with E-state index in [1.165, 1.54) is 12.8 Å². The van der Waals surface area contributed by atoms with Gasteiger partial charge in [0.15, 0.2) is 13.2 Å². The number of hydrogen-bond acceptors (Lipinski definition) is 5. The molecule has 1 saturated carbocycles. The Bertz CT molecular complexity index is 771. The lowest BCUT2D eigenvalue weighted by Crippen LogP contribution is -2.25. The number of anilines is 1. The molecule has 138 valence electrons. The molecule has 1 amide bonds. The molecular formula is C18H20ClN3O4. The van der Waals surface area contributed by atoms with Crippen molar-refractivity contribution in [1.82, 2.24) is 9.78 Å². The van der Waals surface area contributed by atoms with Crippen molar-refractivity contribution < 1.29 is 19.1 Å². The van der Waals surface area contributed by atoms with E-state index in [0.29, 0.717) is 22.6 Å². The molecule has 0 radical (unpaired) electrons. The molecule has 0 atom stereocenters. The second-order valence-electron chi connectivity index (χ2n) is 6.05. The predicted molar refractivity (Wildman–Crippen MR) is 96.3 cm³/mol. The zero-order valence-electron chi connectivity index (χ0n) is 14.2. The first-order valence-corrected chi connectivity index (χ1v) is 8.87. The van der Waals surface area contributed by atoms with E-state index in [4.69, 9.17) is 21.1 Å². The zero-order chi connectivity index (χ0) is 18.4. The van der Waals surface area contributed by atoms with Crippen LogP contribution >= 0.6 is 11.6 Å². The van der Waals surface area contributed by atoms with Gasteiger partial charge in [0, 0.05) is 11.1 Å². The minimum absolute atomic E-state index is 0.298. The van der Waals surface area contributed by atoms with E-state index in [1.807, 2.05) is 4.68 Å². The van der Waals surface area contributed by atoms with E-state index in [9.17, 15) is 9.59 Å². The highest BCUT2D eigenvalue weighted by atomic mass is 35.5. The summed E-state index contributed by atoms with van der Waals surface area (Å²) in [5, 5.41) is 7.52. The SMILES string of the molecule is O=C(COC(=O)COc1cccc(Cl)c1)Nc1ccnn1C1CCCC1. The predicted octanol–water partition coefficient (Wildman–Crippen LogP) is 3.21. The molecule has 0 bridgehead atoms. The maximum atomic E-state index is 12.0. The van der Waals surface area contributed by atoms with Crippen LogP contribution in [0.1, 0.15) is 31.7 Å². The van der Waals surface area contributed by atoms with Crippen LogP contribution in [-0.2, 0) is 14.3 Å². The smallest absolute Gasteiger partial charge is 0.344 e. The number of halogens is 1. The summed E-state index contributed by atoms with van der Waals surface area (Å²) in [6.45, 7) is -0.679. The Morgan fingerprint density at radius 2 is 2.04 bits per heavy atom. The van der Waals surface area contributed by atoms with Crippen LogP contribution in [0.3, 0.4) is 0 Å². The Hall–Kier alpha value is -2.54. The second kappa shape index (κ2) is 8.71. The summed E-state index contributed by atoms with van der Waals surface area (Å²) < 4.78 is 12.0. The molecule has 1 fully saturated rings. The number of aromatic nitrogens is 2. The highest BCUT2D eigenvalue weighted by Gasteiger charge is 2.20. The molecule has 7 nitrogen and oxygen atoms in total. The van der Waals surface area contributed by atoms with E-state index in [0.717, 1.165) is 12.8 Å². The lowest BCUT2D eigenvalue weighted by molar-refractivity contribution is -0.149. The third-order valence-electron chi connectivity index (χ3n) is 4.13. The number of nitrogens with zero attached hydrogens (tertiary/aromatic N) is 2. The van der Waals surface area contributed by atoms with E-state index in [-0.39, 0.29) is 13.2 Å². The Morgan fingerprint density at radius 1 is 1.23 bits per heavy atom. The summed E-state index contributed by atoms with van der Waals surface area (Å²) >= 11 is 5.83. The van der Waals surface area contributed by atoms with E-state index < -0.39 is 11.9 Å². The summed E-state index contributed by atoms with van der Waals surface area (Å²) in [6, 6.07) is 8.73. The number of hydrogen-bond donors (Lipinski definition) is 1. The second-order valence-corrected chi connectivity index (χ2v) is 6.49. The van der Waals surface area contributed by atoms with Gasteiger partial charge in [-0.25, -0.2) is 9.48 Å². The molecule has 1 aromatic heterocycles. The third-order valence-corrected chi connectivity index (χ3v) is 4.36. The van der Waals surface area contributed by atoms with Gasteiger partial charge in [-0.05, 0) is 31.0 Å². The van der Waals surface area contributed by atoms with Gasteiger partial charge in [-0.15, -0.1) is 0 Å². The average Bonchev–Trinajstić information content (AvgIpc) is 3.29. The normalized spacial score (nSPS) is 14.2. The van der Waals surface area contributed by atoms with Crippen molar-refractivity contribution in [2.75, 3.05) is 18.5 Å². The molecule has 0 aliphatic heterocycles. The van der Waals surface area contributed by atoms with Gasteiger partial charge in [-0.1, -0.05) is 30.5 Å². The van der Waals surface area contributed by atoms with Crippen LogP contribution in [0.25, 0.3) is 0 Å². The Morgan fingerprint density at radius 3 is 2.81 bits per heavy atom. The summed E-state index contributed by atoms with van der Waals surface area (Å²) in [5.74, 6) is 0.0257. The maximum absolute atomic E-state index is 12.0. The molecule has 1 N–H and O–H groups in total. The molecular weight excluding hydrogens is 358 g/mol. The van der Waals surface area contributed by atoms with Gasteiger partial charge < -0.3 is 14.8 Å². The van der Waals surface area contributed by atoms with Gasteiger partial charge >= 0.3 is 5.97 Å². The van der Waals surface area contributed by atoms with Crippen LogP contribution in [-0.4, -0.2) is 34.9 Å². The van der Waals surface area contributed by atoms with Crippen molar-refractivity contribution in [3.63, 3.8) is 0 Å². The van der Waals surface area contributed by atoms with Crippen molar-refractivity contribution in [3.05, 3.63) is 41.6 Å². The number of benzene rings is 1. The number of carbonyl (C=O) groups excluding carboxylic acids is 2. The van der Waals surface area contributed by atoms with Crippen molar-refractivity contribution >= 4 is 29.3 Å². The first-order chi connectivity index (χ1) is 12.6. The lowest BCUT2D eigenvalue weighted by Gasteiger charge is -2.14. The molecule has 26 heavy (non-hydrogen) atoms. The highest BCUT2D eigenvalue weighted by molar-refractivity contribution is 6.30. The standard InChI is InChI=1S/C18H20ClN3O4/c19-13-4-3-7-15(10-13)25-12-18(24)26-11-17(23)21-16-8-9-20-22(16)14-5-1-2-6-14/h3-4,7-10,14H,1-2,5-6,11-12H2,(H,21,23). The molecule has 0 saturated heterocycles. The fourth-order valence-corrected chi connectivity index (χ4v) is 3.10. The third kappa shape index (κ3) is 4.98. The molecule has 1 aromatic carbocycles.